The van der Waals surface area contributed by atoms with E-state index in [0.29, 0.717) is 18.2 Å². The number of nitrogens with one attached hydrogen (secondary N) is 1. The van der Waals surface area contributed by atoms with E-state index in [0.717, 1.165) is 0 Å². The van der Waals surface area contributed by atoms with E-state index in [4.69, 9.17) is 4.74 Å². The first kappa shape index (κ1) is 14.9. The fourth-order valence-corrected chi connectivity index (χ4v) is 3.29. The number of ether oxygens (including phenoxy) is 1. The highest BCUT2D eigenvalue weighted by Crippen LogP contribution is 2.24. The summed E-state index contributed by atoms with van der Waals surface area (Å²) in [5, 5.41) is 3.74. The zero-order valence-corrected chi connectivity index (χ0v) is 13.0. The molecule has 3 heteroatoms. The second-order valence-electron chi connectivity index (χ2n) is 5.33. The van der Waals surface area contributed by atoms with Crippen molar-refractivity contribution < 1.29 is 4.74 Å². The molecule has 0 radical (unpaired) electrons. The van der Waals surface area contributed by atoms with Gasteiger partial charge in [0.15, 0.2) is 0 Å². The smallest absolute Gasteiger partial charge is 0.0724 e. The molecule has 1 aliphatic carbocycles. The Bertz CT molecular complexity index is 379. The second kappa shape index (κ2) is 7.32. The minimum Gasteiger partial charge on any atom is -0.380 e. The first-order valence-corrected chi connectivity index (χ1v) is 8.40. The lowest BCUT2D eigenvalue weighted by Crippen LogP contribution is -2.44. The van der Waals surface area contributed by atoms with Gasteiger partial charge in [0.1, 0.15) is 0 Å². The van der Waals surface area contributed by atoms with Crippen molar-refractivity contribution in [2.75, 3.05) is 13.4 Å². The van der Waals surface area contributed by atoms with Gasteiger partial charge in [-0.2, -0.15) is 0 Å². The summed E-state index contributed by atoms with van der Waals surface area (Å²) in [5.41, 5.74) is 1.36. The van der Waals surface area contributed by atoms with Crippen molar-refractivity contribution in [2.24, 2.45) is 0 Å². The predicted molar refractivity (Wildman–Crippen MR) is 82.8 cm³/mol. The maximum Gasteiger partial charge on any atom is 0.0724 e. The molecule has 0 saturated heterocycles. The molecule has 0 heterocycles. The van der Waals surface area contributed by atoms with Crippen molar-refractivity contribution in [1.82, 2.24) is 5.32 Å². The largest absolute Gasteiger partial charge is 0.380 e. The third kappa shape index (κ3) is 3.98. The number of hydrogen-bond donors (Lipinski definition) is 1. The predicted octanol–water partition coefficient (Wildman–Crippen LogP) is 4.02. The first-order valence-electron chi connectivity index (χ1n) is 7.17. The van der Waals surface area contributed by atoms with Crippen LogP contribution in [0.5, 0.6) is 0 Å². The Balaban J connectivity index is 1.96. The van der Waals surface area contributed by atoms with Gasteiger partial charge in [-0.1, -0.05) is 25.0 Å². The molecule has 106 valence electrons. The number of thioether (sulfide) groups is 1. The molecule has 1 fully saturated rings. The van der Waals surface area contributed by atoms with Gasteiger partial charge in [0.05, 0.1) is 6.10 Å². The van der Waals surface area contributed by atoms with Crippen molar-refractivity contribution in [3.63, 3.8) is 0 Å². The number of methoxy groups -OCH3 is 1. The van der Waals surface area contributed by atoms with Crippen LogP contribution in [-0.2, 0) is 4.74 Å². The number of rotatable bonds is 5. The summed E-state index contributed by atoms with van der Waals surface area (Å²) in [6.07, 6.45) is 7.52. The van der Waals surface area contributed by atoms with E-state index in [1.807, 2.05) is 7.11 Å². The van der Waals surface area contributed by atoms with E-state index >= 15 is 0 Å². The lowest BCUT2D eigenvalue weighted by Gasteiger charge is -2.33. The SMILES string of the molecule is COC1CCCCC1NC(C)c1ccc(SC)cc1. The molecule has 0 spiro atoms. The topological polar surface area (TPSA) is 21.3 Å². The van der Waals surface area contributed by atoms with Gasteiger partial charge in [-0.05, 0) is 43.7 Å². The summed E-state index contributed by atoms with van der Waals surface area (Å²) in [7, 11) is 1.84. The van der Waals surface area contributed by atoms with Crippen LogP contribution in [0.25, 0.3) is 0 Å². The van der Waals surface area contributed by atoms with Crippen LogP contribution in [0.3, 0.4) is 0 Å². The van der Waals surface area contributed by atoms with Crippen LogP contribution < -0.4 is 5.32 Å². The maximum atomic E-state index is 5.61. The Labute approximate surface area is 121 Å². The van der Waals surface area contributed by atoms with Gasteiger partial charge in [-0.25, -0.2) is 0 Å². The van der Waals surface area contributed by atoms with Crippen LogP contribution in [0, 0.1) is 0 Å². The molecule has 2 nitrogen and oxygen atoms in total. The first-order chi connectivity index (χ1) is 9.24. The van der Waals surface area contributed by atoms with Crippen molar-refractivity contribution in [3.8, 4) is 0 Å². The Kier molecular flexibility index (Phi) is 5.74. The molecule has 3 atom stereocenters. The van der Waals surface area contributed by atoms with Crippen LogP contribution in [0.1, 0.15) is 44.2 Å². The van der Waals surface area contributed by atoms with Crippen LogP contribution in [0.2, 0.25) is 0 Å². The molecule has 19 heavy (non-hydrogen) atoms. The second-order valence-corrected chi connectivity index (χ2v) is 6.21. The standard InChI is InChI=1S/C16H25NOS/c1-12(13-8-10-14(19-3)11-9-13)17-15-6-4-5-7-16(15)18-2/h8-12,15-17H,4-7H2,1-3H3. The van der Waals surface area contributed by atoms with E-state index < -0.39 is 0 Å². The highest BCUT2D eigenvalue weighted by molar-refractivity contribution is 7.98. The summed E-state index contributed by atoms with van der Waals surface area (Å²) in [6.45, 7) is 2.25. The van der Waals surface area contributed by atoms with Gasteiger partial charge in [0.25, 0.3) is 0 Å². The summed E-state index contributed by atoms with van der Waals surface area (Å²) < 4.78 is 5.61. The van der Waals surface area contributed by atoms with Gasteiger partial charge in [0, 0.05) is 24.1 Å². The lowest BCUT2D eigenvalue weighted by atomic mass is 9.91. The van der Waals surface area contributed by atoms with E-state index in [1.165, 1.54) is 36.1 Å². The molecule has 1 aliphatic rings. The number of benzene rings is 1. The van der Waals surface area contributed by atoms with E-state index in [9.17, 15) is 0 Å². The monoisotopic (exact) mass is 279 g/mol. The fourth-order valence-electron chi connectivity index (χ4n) is 2.88. The minimum absolute atomic E-state index is 0.377. The molecule has 1 N–H and O–H groups in total. The highest BCUT2D eigenvalue weighted by Gasteiger charge is 2.26. The average molecular weight is 279 g/mol. The van der Waals surface area contributed by atoms with E-state index in [-0.39, 0.29) is 0 Å². The van der Waals surface area contributed by atoms with Gasteiger partial charge in [-0.3, -0.25) is 0 Å². The lowest BCUT2D eigenvalue weighted by molar-refractivity contribution is 0.0384. The summed E-state index contributed by atoms with van der Waals surface area (Å²) in [6, 6.07) is 9.74. The molecule has 0 aromatic heterocycles. The molecule has 0 amide bonds. The van der Waals surface area contributed by atoms with Crippen LogP contribution in [0.4, 0.5) is 0 Å². The van der Waals surface area contributed by atoms with E-state index in [2.05, 4.69) is 42.8 Å². The van der Waals surface area contributed by atoms with Gasteiger partial charge in [0.2, 0.25) is 0 Å². The fraction of sp³-hybridized carbons (Fsp3) is 0.625. The zero-order valence-electron chi connectivity index (χ0n) is 12.2. The third-order valence-electron chi connectivity index (χ3n) is 4.09. The third-order valence-corrected chi connectivity index (χ3v) is 4.83. The van der Waals surface area contributed by atoms with Gasteiger partial charge < -0.3 is 10.1 Å². The molecule has 1 aromatic carbocycles. The Morgan fingerprint density at radius 3 is 2.53 bits per heavy atom. The van der Waals surface area contributed by atoms with Gasteiger partial charge in [-0.15, -0.1) is 11.8 Å². The average Bonchev–Trinajstić information content (AvgIpc) is 2.48. The molecule has 3 unspecified atom stereocenters. The zero-order chi connectivity index (χ0) is 13.7. The summed E-state index contributed by atoms with van der Waals surface area (Å²) in [4.78, 5) is 1.32. The Morgan fingerprint density at radius 2 is 1.89 bits per heavy atom. The Hall–Kier alpha value is -0.510. The van der Waals surface area contributed by atoms with E-state index in [1.54, 1.807) is 11.8 Å². The van der Waals surface area contributed by atoms with Gasteiger partial charge >= 0.3 is 0 Å². The molecular weight excluding hydrogens is 254 g/mol. The molecule has 1 saturated carbocycles. The van der Waals surface area contributed by atoms with Crippen LogP contribution >= 0.6 is 11.8 Å². The minimum atomic E-state index is 0.377. The molecule has 2 rings (SSSR count). The summed E-state index contributed by atoms with van der Waals surface area (Å²) >= 11 is 1.79. The van der Waals surface area contributed by atoms with Crippen molar-refractivity contribution in [2.45, 2.75) is 55.7 Å². The van der Waals surface area contributed by atoms with Crippen LogP contribution in [-0.4, -0.2) is 25.5 Å². The summed E-state index contributed by atoms with van der Waals surface area (Å²) in [5.74, 6) is 0. The van der Waals surface area contributed by atoms with Crippen molar-refractivity contribution >= 4 is 11.8 Å². The quantitative estimate of drug-likeness (QED) is 0.823. The highest BCUT2D eigenvalue weighted by atomic mass is 32.2. The molecular formula is C16H25NOS. The maximum absolute atomic E-state index is 5.61. The molecule has 1 aromatic rings. The molecule has 0 bridgehead atoms. The Morgan fingerprint density at radius 1 is 1.21 bits per heavy atom. The normalized spacial score (nSPS) is 25.2. The van der Waals surface area contributed by atoms with Crippen LogP contribution in [0.15, 0.2) is 29.2 Å². The number of hydrogen-bond acceptors (Lipinski definition) is 3. The molecule has 0 aliphatic heterocycles. The van der Waals surface area contributed by atoms with Crippen molar-refractivity contribution in [3.05, 3.63) is 29.8 Å². The van der Waals surface area contributed by atoms with Crippen molar-refractivity contribution in [1.29, 1.82) is 0 Å².